The number of nitro groups is 1. The normalized spacial score (nSPS) is 9.75. The summed E-state index contributed by atoms with van der Waals surface area (Å²) < 4.78 is 0. The van der Waals surface area contributed by atoms with E-state index < -0.39 is 4.92 Å². The number of amides is 1. The Morgan fingerprint density at radius 2 is 2.20 bits per heavy atom. The second-order valence-electron chi connectivity index (χ2n) is 3.88. The van der Waals surface area contributed by atoms with E-state index in [1.54, 1.807) is 7.05 Å². The van der Waals surface area contributed by atoms with Crippen molar-refractivity contribution in [3.63, 3.8) is 0 Å². The average Bonchev–Trinajstić information content (AvgIpc) is 2.40. The Balaban J connectivity index is 2.82. The highest BCUT2D eigenvalue weighted by molar-refractivity contribution is 7.80. The Morgan fingerprint density at radius 1 is 1.55 bits per heavy atom. The van der Waals surface area contributed by atoms with Crippen molar-refractivity contribution in [2.75, 3.05) is 26.0 Å². The number of halogens is 1. The minimum Gasteiger partial charge on any atom is -0.358 e. The third-order valence-electron chi connectivity index (χ3n) is 2.41. The van der Waals surface area contributed by atoms with Gasteiger partial charge in [0.15, 0.2) is 5.11 Å². The van der Waals surface area contributed by atoms with Crippen molar-refractivity contribution in [1.82, 2.24) is 10.2 Å². The van der Waals surface area contributed by atoms with Crippen LogP contribution < -0.4 is 10.6 Å². The maximum atomic E-state index is 11.2. The minimum absolute atomic E-state index is 0.0644. The molecule has 0 saturated heterocycles. The van der Waals surface area contributed by atoms with Crippen molar-refractivity contribution < 1.29 is 9.72 Å². The van der Waals surface area contributed by atoms with Crippen LogP contribution in [0.25, 0.3) is 0 Å². The van der Waals surface area contributed by atoms with Gasteiger partial charge in [0, 0.05) is 26.2 Å². The quantitative estimate of drug-likeness (QED) is 0.498. The average molecular weight is 317 g/mol. The summed E-state index contributed by atoms with van der Waals surface area (Å²) in [4.78, 5) is 22.9. The highest BCUT2D eigenvalue weighted by Gasteiger charge is 2.13. The van der Waals surface area contributed by atoms with Crippen LogP contribution in [0.15, 0.2) is 18.2 Å². The zero-order valence-corrected chi connectivity index (χ0v) is 12.4. The highest BCUT2D eigenvalue weighted by atomic mass is 35.5. The van der Waals surface area contributed by atoms with E-state index in [9.17, 15) is 14.9 Å². The first-order valence-electron chi connectivity index (χ1n) is 5.51. The lowest BCUT2D eigenvalue weighted by molar-refractivity contribution is -0.384. The van der Waals surface area contributed by atoms with Gasteiger partial charge >= 0.3 is 0 Å². The molecular formula is C11H13ClN4O3S. The van der Waals surface area contributed by atoms with E-state index in [0.717, 1.165) is 0 Å². The topological polar surface area (TPSA) is 87.5 Å². The third-order valence-corrected chi connectivity index (χ3v) is 3.15. The number of thiocarbonyl (C=S) groups is 1. The fourth-order valence-corrected chi connectivity index (χ4v) is 1.64. The Hall–Kier alpha value is -1.93. The van der Waals surface area contributed by atoms with E-state index >= 15 is 0 Å². The van der Waals surface area contributed by atoms with Crippen LogP contribution in [-0.4, -0.2) is 41.5 Å². The molecule has 108 valence electrons. The van der Waals surface area contributed by atoms with Crippen molar-refractivity contribution in [3.8, 4) is 0 Å². The first kappa shape index (κ1) is 16.1. The molecule has 0 aromatic heterocycles. The van der Waals surface area contributed by atoms with E-state index in [1.165, 1.54) is 30.1 Å². The van der Waals surface area contributed by atoms with Crippen LogP contribution in [0.2, 0.25) is 5.02 Å². The summed E-state index contributed by atoms with van der Waals surface area (Å²) in [6.07, 6.45) is 0. The molecule has 1 amide bonds. The molecule has 1 rings (SSSR count). The summed E-state index contributed by atoms with van der Waals surface area (Å²) >= 11 is 11.0. The summed E-state index contributed by atoms with van der Waals surface area (Å²) in [5.74, 6) is -0.207. The lowest BCUT2D eigenvalue weighted by Crippen LogP contribution is -2.39. The van der Waals surface area contributed by atoms with Crippen LogP contribution in [0.5, 0.6) is 0 Å². The first-order chi connectivity index (χ1) is 9.35. The van der Waals surface area contributed by atoms with E-state index in [1.807, 2.05) is 0 Å². The van der Waals surface area contributed by atoms with E-state index in [2.05, 4.69) is 10.6 Å². The third kappa shape index (κ3) is 4.32. The number of hydrogen-bond acceptors (Lipinski definition) is 4. The Labute approximate surface area is 126 Å². The molecule has 0 spiro atoms. The molecule has 0 aliphatic heterocycles. The molecule has 0 radical (unpaired) electrons. The molecule has 7 nitrogen and oxygen atoms in total. The predicted molar refractivity (Wildman–Crippen MR) is 81.0 cm³/mol. The number of rotatable bonds is 4. The fourth-order valence-electron chi connectivity index (χ4n) is 1.30. The van der Waals surface area contributed by atoms with E-state index in [-0.39, 0.29) is 23.3 Å². The summed E-state index contributed by atoms with van der Waals surface area (Å²) in [5.41, 5.74) is 0.211. The number of carbonyl (C=O) groups excluding carboxylic acids is 1. The lowest BCUT2D eigenvalue weighted by atomic mass is 10.3. The van der Waals surface area contributed by atoms with Gasteiger partial charge in [-0.3, -0.25) is 14.9 Å². The molecule has 0 aliphatic rings. The Morgan fingerprint density at radius 3 is 2.75 bits per heavy atom. The molecule has 0 fully saturated rings. The molecule has 0 heterocycles. The summed E-state index contributed by atoms with van der Waals surface area (Å²) in [5, 5.41) is 16.5. The van der Waals surface area contributed by atoms with E-state index in [0.29, 0.717) is 10.7 Å². The second kappa shape index (κ2) is 7.01. The molecule has 2 N–H and O–H groups in total. The number of hydrogen-bond donors (Lipinski definition) is 2. The molecule has 0 bridgehead atoms. The first-order valence-corrected chi connectivity index (χ1v) is 6.30. The van der Waals surface area contributed by atoms with Crippen LogP contribution in [0, 0.1) is 10.1 Å². The van der Waals surface area contributed by atoms with Crippen LogP contribution >= 0.6 is 23.8 Å². The number of non-ortho nitro benzene ring substituents is 1. The number of nitro benzene ring substituents is 1. The van der Waals surface area contributed by atoms with Gasteiger partial charge in [-0.1, -0.05) is 11.6 Å². The van der Waals surface area contributed by atoms with Crippen LogP contribution in [-0.2, 0) is 4.79 Å². The van der Waals surface area contributed by atoms with Gasteiger partial charge in [0.05, 0.1) is 22.2 Å². The van der Waals surface area contributed by atoms with Crippen molar-refractivity contribution >= 4 is 46.2 Å². The maximum absolute atomic E-state index is 11.2. The summed E-state index contributed by atoms with van der Waals surface area (Å²) in [6.45, 7) is 0.0644. The SMILES string of the molecule is CNC(=O)CN(C)C(=S)Nc1cc([N+](=O)[O-])ccc1Cl. The van der Waals surface area contributed by atoms with Crippen molar-refractivity contribution in [2.24, 2.45) is 0 Å². The monoisotopic (exact) mass is 316 g/mol. The number of anilines is 1. The van der Waals surface area contributed by atoms with Gasteiger partial charge in [-0.25, -0.2) is 0 Å². The molecular weight excluding hydrogens is 304 g/mol. The highest BCUT2D eigenvalue weighted by Crippen LogP contribution is 2.26. The largest absolute Gasteiger partial charge is 0.358 e. The van der Waals surface area contributed by atoms with Gasteiger partial charge in [0.25, 0.3) is 5.69 Å². The Kier molecular flexibility index (Phi) is 5.66. The molecule has 20 heavy (non-hydrogen) atoms. The molecule has 1 aromatic carbocycles. The van der Waals surface area contributed by atoms with Crippen LogP contribution in [0.1, 0.15) is 0 Å². The molecule has 1 aromatic rings. The molecule has 0 atom stereocenters. The van der Waals surface area contributed by atoms with Crippen molar-refractivity contribution in [2.45, 2.75) is 0 Å². The van der Waals surface area contributed by atoms with E-state index in [4.69, 9.17) is 23.8 Å². The van der Waals surface area contributed by atoms with Gasteiger partial charge < -0.3 is 15.5 Å². The lowest BCUT2D eigenvalue weighted by Gasteiger charge is -2.20. The molecule has 0 saturated carbocycles. The maximum Gasteiger partial charge on any atom is 0.271 e. The van der Waals surface area contributed by atoms with Crippen LogP contribution in [0.3, 0.4) is 0 Å². The number of nitrogens with zero attached hydrogens (tertiary/aromatic N) is 2. The smallest absolute Gasteiger partial charge is 0.271 e. The van der Waals surface area contributed by atoms with Gasteiger partial charge in [0.2, 0.25) is 5.91 Å². The number of carbonyl (C=O) groups is 1. The standard InChI is InChI=1S/C11H13ClN4O3S/c1-13-10(17)6-15(2)11(20)14-9-5-7(16(18)19)3-4-8(9)12/h3-5H,6H2,1-2H3,(H,13,17)(H,14,20). The summed E-state index contributed by atoms with van der Waals surface area (Å²) in [7, 11) is 3.14. The molecule has 0 aliphatic carbocycles. The molecule has 0 unspecified atom stereocenters. The zero-order valence-electron chi connectivity index (χ0n) is 10.8. The van der Waals surface area contributed by atoms with Crippen molar-refractivity contribution in [3.05, 3.63) is 33.3 Å². The van der Waals surface area contributed by atoms with Gasteiger partial charge in [-0.15, -0.1) is 0 Å². The number of nitrogens with one attached hydrogen (secondary N) is 2. The Bertz CT molecular complexity index is 552. The second-order valence-corrected chi connectivity index (χ2v) is 4.67. The fraction of sp³-hybridized carbons (Fsp3) is 0.273. The summed E-state index contributed by atoms with van der Waals surface area (Å²) in [6, 6.07) is 3.98. The number of benzene rings is 1. The van der Waals surface area contributed by atoms with Gasteiger partial charge in [-0.05, 0) is 18.3 Å². The zero-order chi connectivity index (χ0) is 15.3. The van der Waals surface area contributed by atoms with Crippen molar-refractivity contribution in [1.29, 1.82) is 0 Å². The number of likely N-dealkylation sites (N-methyl/N-ethyl adjacent to an activating group) is 2. The van der Waals surface area contributed by atoms with Gasteiger partial charge in [-0.2, -0.15) is 0 Å². The molecule has 9 heteroatoms. The minimum atomic E-state index is -0.529. The predicted octanol–water partition coefficient (Wildman–Crippen LogP) is 1.62. The van der Waals surface area contributed by atoms with Crippen LogP contribution in [0.4, 0.5) is 11.4 Å². The van der Waals surface area contributed by atoms with Gasteiger partial charge in [0.1, 0.15) is 0 Å².